The van der Waals surface area contributed by atoms with Gasteiger partial charge in [0.25, 0.3) is 11.8 Å². The lowest BCUT2D eigenvalue weighted by Gasteiger charge is -2.20. The van der Waals surface area contributed by atoms with E-state index in [1.165, 1.54) is 11.1 Å². The molecule has 1 aliphatic rings. The maximum atomic E-state index is 13.2. The van der Waals surface area contributed by atoms with Crippen molar-refractivity contribution in [3.05, 3.63) is 99.7 Å². The monoisotopic (exact) mass is 493 g/mol. The van der Waals surface area contributed by atoms with E-state index in [0.29, 0.717) is 26.9 Å². The molecule has 0 spiro atoms. The van der Waals surface area contributed by atoms with Crippen LogP contribution in [0, 0.1) is 6.92 Å². The number of nitrogen functional groups attached to an aromatic ring is 1. The van der Waals surface area contributed by atoms with Gasteiger partial charge in [0, 0.05) is 23.5 Å². The van der Waals surface area contributed by atoms with E-state index in [4.69, 9.17) is 28.9 Å². The molecule has 5 nitrogen and oxygen atoms in total. The highest BCUT2D eigenvalue weighted by Crippen LogP contribution is 2.30. The summed E-state index contributed by atoms with van der Waals surface area (Å²) in [6.45, 7) is 6.02. The van der Waals surface area contributed by atoms with Crippen molar-refractivity contribution in [3.8, 4) is 11.1 Å². The van der Waals surface area contributed by atoms with E-state index in [0.717, 1.165) is 35.1 Å². The SMILES string of the molecule is C=CN(Cc1ccc(Cl)c(Cl)c1)C(=O)c1ccc(-c2cc(C(=O)NC3CC3)ccc2C)cc1N. The van der Waals surface area contributed by atoms with Crippen LogP contribution in [0.4, 0.5) is 5.69 Å². The smallest absolute Gasteiger partial charge is 0.260 e. The fourth-order valence-corrected chi connectivity index (χ4v) is 4.03. The average molecular weight is 494 g/mol. The average Bonchev–Trinajstić information content (AvgIpc) is 3.63. The standard InChI is InChI=1S/C27H25Cl2N3O2/c1-3-32(15-17-5-11-23(28)24(29)12-17)27(34)21-10-7-18(14-25(21)30)22-13-19(6-4-16(22)2)26(33)31-20-8-9-20/h3-7,10-14,20H,1,8-9,15,30H2,2H3,(H,31,33). The van der Waals surface area contributed by atoms with Gasteiger partial charge in [0.05, 0.1) is 22.2 Å². The number of benzene rings is 3. The first-order chi connectivity index (χ1) is 16.3. The number of halogens is 2. The minimum Gasteiger partial charge on any atom is -0.398 e. The molecule has 1 aliphatic carbocycles. The number of hydrogen-bond donors (Lipinski definition) is 2. The van der Waals surface area contributed by atoms with Crippen LogP contribution in [0.25, 0.3) is 11.1 Å². The molecule has 3 N–H and O–H groups in total. The van der Waals surface area contributed by atoms with Crippen LogP contribution >= 0.6 is 23.2 Å². The molecule has 0 aliphatic heterocycles. The van der Waals surface area contributed by atoms with Crippen molar-refractivity contribution in [2.24, 2.45) is 0 Å². The topological polar surface area (TPSA) is 75.4 Å². The van der Waals surface area contributed by atoms with Crippen LogP contribution in [0.1, 0.15) is 44.7 Å². The first-order valence-corrected chi connectivity index (χ1v) is 11.7. The van der Waals surface area contributed by atoms with Gasteiger partial charge in [-0.15, -0.1) is 0 Å². The van der Waals surface area contributed by atoms with E-state index < -0.39 is 0 Å². The summed E-state index contributed by atoms with van der Waals surface area (Å²) in [7, 11) is 0. The van der Waals surface area contributed by atoms with Crippen molar-refractivity contribution in [1.29, 1.82) is 0 Å². The highest BCUT2D eigenvalue weighted by atomic mass is 35.5. The summed E-state index contributed by atoms with van der Waals surface area (Å²) < 4.78 is 0. The van der Waals surface area contributed by atoms with E-state index in [2.05, 4.69) is 11.9 Å². The minimum absolute atomic E-state index is 0.0764. The Bertz CT molecular complexity index is 1280. The van der Waals surface area contributed by atoms with Crippen molar-refractivity contribution in [2.75, 3.05) is 5.73 Å². The molecule has 0 atom stereocenters. The number of hydrogen-bond acceptors (Lipinski definition) is 3. The fraction of sp³-hybridized carbons (Fsp3) is 0.185. The molecule has 2 amide bonds. The predicted octanol–water partition coefficient (Wildman–Crippen LogP) is 6.23. The van der Waals surface area contributed by atoms with Crippen molar-refractivity contribution >= 4 is 40.7 Å². The number of amides is 2. The Balaban J connectivity index is 1.57. The Hall–Kier alpha value is -3.28. The lowest BCUT2D eigenvalue weighted by molar-refractivity contribution is 0.0815. The van der Waals surface area contributed by atoms with Gasteiger partial charge in [0.15, 0.2) is 0 Å². The maximum Gasteiger partial charge on any atom is 0.260 e. The number of carbonyl (C=O) groups is 2. The second-order valence-electron chi connectivity index (χ2n) is 8.44. The number of carbonyl (C=O) groups excluding carboxylic acids is 2. The lowest BCUT2D eigenvalue weighted by atomic mass is 9.96. The summed E-state index contributed by atoms with van der Waals surface area (Å²) in [5.74, 6) is -0.355. The van der Waals surface area contributed by atoms with E-state index in [9.17, 15) is 9.59 Å². The van der Waals surface area contributed by atoms with Crippen LogP contribution < -0.4 is 11.1 Å². The largest absolute Gasteiger partial charge is 0.398 e. The molecule has 7 heteroatoms. The van der Waals surface area contributed by atoms with Crippen molar-refractivity contribution in [2.45, 2.75) is 32.4 Å². The summed E-state index contributed by atoms with van der Waals surface area (Å²) in [5, 5.41) is 3.88. The number of nitrogens with zero attached hydrogens (tertiary/aromatic N) is 1. The van der Waals surface area contributed by atoms with Gasteiger partial charge in [0.1, 0.15) is 0 Å². The third-order valence-corrected chi connectivity index (χ3v) is 6.56. The number of anilines is 1. The molecule has 1 saturated carbocycles. The van der Waals surface area contributed by atoms with Crippen LogP contribution in [-0.4, -0.2) is 22.8 Å². The molecular formula is C27H25Cl2N3O2. The van der Waals surface area contributed by atoms with Gasteiger partial charge in [-0.2, -0.15) is 0 Å². The summed E-state index contributed by atoms with van der Waals surface area (Å²) >= 11 is 12.1. The molecule has 1 fully saturated rings. The van der Waals surface area contributed by atoms with Crippen molar-refractivity contribution < 1.29 is 9.59 Å². The highest BCUT2D eigenvalue weighted by molar-refractivity contribution is 6.42. The normalized spacial score (nSPS) is 12.8. The lowest BCUT2D eigenvalue weighted by Crippen LogP contribution is -2.26. The van der Waals surface area contributed by atoms with E-state index >= 15 is 0 Å². The van der Waals surface area contributed by atoms with Crippen molar-refractivity contribution in [3.63, 3.8) is 0 Å². The summed E-state index contributed by atoms with van der Waals surface area (Å²) in [5.41, 5.74) is 11.2. The molecular weight excluding hydrogens is 469 g/mol. The van der Waals surface area contributed by atoms with E-state index in [-0.39, 0.29) is 24.4 Å². The third-order valence-electron chi connectivity index (χ3n) is 5.82. The minimum atomic E-state index is -0.278. The molecule has 0 saturated heterocycles. The predicted molar refractivity (Wildman–Crippen MR) is 138 cm³/mol. The maximum absolute atomic E-state index is 13.2. The summed E-state index contributed by atoms with van der Waals surface area (Å²) in [6.07, 6.45) is 3.52. The number of rotatable bonds is 7. The second kappa shape index (κ2) is 9.92. The molecule has 174 valence electrons. The molecule has 34 heavy (non-hydrogen) atoms. The van der Waals surface area contributed by atoms with Gasteiger partial charge in [-0.1, -0.05) is 48.0 Å². The van der Waals surface area contributed by atoms with Gasteiger partial charge in [0.2, 0.25) is 0 Å². The zero-order chi connectivity index (χ0) is 24.4. The molecule has 0 radical (unpaired) electrons. The summed E-state index contributed by atoms with van der Waals surface area (Å²) in [4.78, 5) is 27.1. The Labute approximate surface area is 209 Å². The molecule has 3 aromatic rings. The highest BCUT2D eigenvalue weighted by Gasteiger charge is 2.24. The fourth-order valence-electron chi connectivity index (χ4n) is 3.70. The van der Waals surface area contributed by atoms with Crippen LogP contribution in [0.2, 0.25) is 10.0 Å². The number of nitrogens with one attached hydrogen (secondary N) is 1. The summed E-state index contributed by atoms with van der Waals surface area (Å²) in [6, 6.07) is 16.4. The van der Waals surface area contributed by atoms with Crippen molar-refractivity contribution in [1.82, 2.24) is 10.2 Å². The van der Waals surface area contributed by atoms with E-state index in [1.54, 1.807) is 30.3 Å². The van der Waals surface area contributed by atoms with Crippen LogP contribution in [0.3, 0.4) is 0 Å². The van der Waals surface area contributed by atoms with Gasteiger partial charge >= 0.3 is 0 Å². The van der Waals surface area contributed by atoms with Crippen LogP contribution in [-0.2, 0) is 6.54 Å². The molecule has 3 aromatic carbocycles. The zero-order valence-electron chi connectivity index (χ0n) is 18.8. The number of aryl methyl sites for hydroxylation is 1. The van der Waals surface area contributed by atoms with Gasteiger partial charge in [-0.25, -0.2) is 0 Å². The molecule has 0 bridgehead atoms. The van der Waals surface area contributed by atoms with Crippen LogP contribution in [0.15, 0.2) is 67.4 Å². The van der Waals surface area contributed by atoms with E-state index in [1.807, 2.05) is 31.2 Å². The Morgan fingerprint density at radius 3 is 2.50 bits per heavy atom. The first kappa shape index (κ1) is 23.9. The molecule has 0 unspecified atom stereocenters. The van der Waals surface area contributed by atoms with Gasteiger partial charge in [-0.3, -0.25) is 9.59 Å². The Kier molecular flexibility index (Phi) is 6.96. The zero-order valence-corrected chi connectivity index (χ0v) is 20.3. The number of nitrogens with two attached hydrogens (primary N) is 1. The van der Waals surface area contributed by atoms with Gasteiger partial charge in [-0.05, 0) is 78.4 Å². The Morgan fingerprint density at radius 2 is 1.85 bits per heavy atom. The molecule has 0 aromatic heterocycles. The molecule has 0 heterocycles. The Morgan fingerprint density at radius 1 is 1.09 bits per heavy atom. The third kappa shape index (κ3) is 5.27. The first-order valence-electron chi connectivity index (χ1n) is 11.0. The second-order valence-corrected chi connectivity index (χ2v) is 9.26. The van der Waals surface area contributed by atoms with Gasteiger partial charge < -0.3 is 16.0 Å². The van der Waals surface area contributed by atoms with Crippen LogP contribution in [0.5, 0.6) is 0 Å². The quantitative estimate of drug-likeness (QED) is 0.383. The molecule has 4 rings (SSSR count).